The third kappa shape index (κ3) is 4.37. The molecule has 1 fully saturated rings. The topological polar surface area (TPSA) is 75.9 Å². The largest absolute Gasteiger partial charge is 0.416 e. The number of benzene rings is 1. The van der Waals surface area contributed by atoms with Crippen LogP contribution in [0.25, 0.3) is 0 Å². The summed E-state index contributed by atoms with van der Waals surface area (Å²) < 4.78 is 39.5. The highest BCUT2D eigenvalue weighted by atomic mass is 19.4. The van der Waals surface area contributed by atoms with E-state index >= 15 is 0 Å². The van der Waals surface area contributed by atoms with Crippen molar-refractivity contribution in [3.63, 3.8) is 0 Å². The number of carbonyl (C=O) groups excluding carboxylic acids is 1. The number of likely N-dealkylation sites (tertiary alicyclic amines) is 1. The maximum atomic E-state index is 12.7. The lowest BCUT2D eigenvalue weighted by atomic mass is 9.89. The first-order chi connectivity index (χ1) is 12.8. The Morgan fingerprint density at radius 1 is 1.22 bits per heavy atom. The quantitative estimate of drug-likeness (QED) is 0.886. The van der Waals surface area contributed by atoms with Crippen molar-refractivity contribution in [3.8, 4) is 0 Å². The summed E-state index contributed by atoms with van der Waals surface area (Å²) in [7, 11) is 1.70. The maximum Gasteiger partial charge on any atom is 0.416 e. The van der Waals surface area contributed by atoms with Crippen molar-refractivity contribution in [2.75, 3.05) is 13.1 Å². The van der Waals surface area contributed by atoms with Gasteiger partial charge in [0.15, 0.2) is 5.82 Å². The lowest BCUT2D eigenvalue weighted by Gasteiger charge is -2.33. The fraction of sp³-hybridized carbons (Fsp3) is 0.529. The van der Waals surface area contributed by atoms with E-state index < -0.39 is 11.7 Å². The highest BCUT2D eigenvalue weighted by Gasteiger charge is 2.31. The zero-order chi connectivity index (χ0) is 19.6. The molecule has 2 aromatic rings. The number of halogens is 3. The first kappa shape index (κ1) is 19.1. The predicted octanol–water partition coefficient (Wildman–Crippen LogP) is 2.88. The van der Waals surface area contributed by atoms with E-state index in [-0.39, 0.29) is 18.0 Å². The Morgan fingerprint density at radius 2 is 1.85 bits per heavy atom. The van der Waals surface area contributed by atoms with E-state index in [1.807, 2.05) is 0 Å². The van der Waals surface area contributed by atoms with Crippen LogP contribution >= 0.6 is 0 Å². The van der Waals surface area contributed by atoms with Crippen LogP contribution in [0.3, 0.4) is 0 Å². The van der Waals surface area contributed by atoms with Gasteiger partial charge in [0.1, 0.15) is 0 Å². The number of tetrazole rings is 1. The van der Waals surface area contributed by atoms with E-state index in [4.69, 9.17) is 0 Å². The van der Waals surface area contributed by atoms with Gasteiger partial charge in [0.25, 0.3) is 0 Å². The number of piperidine rings is 1. The van der Waals surface area contributed by atoms with Gasteiger partial charge in [-0.05, 0) is 53.8 Å². The molecule has 2 amide bonds. The van der Waals surface area contributed by atoms with Gasteiger partial charge in [0.05, 0.1) is 11.6 Å². The van der Waals surface area contributed by atoms with Crippen LogP contribution in [0.15, 0.2) is 24.3 Å². The molecule has 10 heteroatoms. The molecule has 1 aliphatic rings. The Morgan fingerprint density at radius 3 is 2.37 bits per heavy atom. The molecule has 1 atom stereocenters. The molecular formula is C17H21F3N6O. The zero-order valence-corrected chi connectivity index (χ0v) is 15.1. The van der Waals surface area contributed by atoms with Crippen molar-refractivity contribution in [2.24, 2.45) is 7.05 Å². The standard InChI is InChI=1S/C17H21F3N6O/c1-11(15-22-23-24-25(15)2)21-16(27)26-9-7-13(8-10-26)12-3-5-14(6-4-12)17(18,19)20/h3-6,11,13H,7-10H2,1-2H3,(H,21,27)/t11-/m0/s1. The molecule has 3 rings (SSSR count). The average Bonchev–Trinajstić information content (AvgIpc) is 3.07. The molecule has 146 valence electrons. The molecule has 27 heavy (non-hydrogen) atoms. The van der Waals surface area contributed by atoms with Crippen LogP contribution in [0.1, 0.15) is 48.7 Å². The van der Waals surface area contributed by atoms with Crippen molar-refractivity contribution < 1.29 is 18.0 Å². The summed E-state index contributed by atoms with van der Waals surface area (Å²) in [6.07, 6.45) is -2.91. The van der Waals surface area contributed by atoms with Crippen molar-refractivity contribution >= 4 is 6.03 Å². The number of hydrogen-bond donors (Lipinski definition) is 1. The minimum atomic E-state index is -4.32. The molecule has 1 saturated heterocycles. The van der Waals surface area contributed by atoms with Crippen LogP contribution in [0, 0.1) is 0 Å². The van der Waals surface area contributed by atoms with E-state index in [9.17, 15) is 18.0 Å². The van der Waals surface area contributed by atoms with E-state index in [2.05, 4.69) is 20.8 Å². The number of aryl methyl sites for hydroxylation is 1. The number of nitrogens with one attached hydrogen (secondary N) is 1. The zero-order valence-electron chi connectivity index (χ0n) is 15.1. The Bertz CT molecular complexity index is 781. The van der Waals surface area contributed by atoms with Crippen LogP contribution in [0.5, 0.6) is 0 Å². The molecule has 0 bridgehead atoms. The van der Waals surface area contributed by atoms with Gasteiger partial charge in [-0.3, -0.25) is 0 Å². The van der Waals surface area contributed by atoms with Crippen molar-refractivity contribution in [1.29, 1.82) is 0 Å². The molecule has 0 radical (unpaired) electrons. The number of alkyl halides is 3. The molecule has 0 aliphatic carbocycles. The summed E-state index contributed by atoms with van der Waals surface area (Å²) in [6, 6.07) is 4.77. The smallest absolute Gasteiger partial charge is 0.328 e. The summed E-state index contributed by atoms with van der Waals surface area (Å²) in [5.74, 6) is 0.708. The fourth-order valence-electron chi connectivity index (χ4n) is 3.30. The number of nitrogens with zero attached hydrogens (tertiary/aromatic N) is 5. The van der Waals surface area contributed by atoms with Gasteiger partial charge in [-0.1, -0.05) is 12.1 Å². The summed E-state index contributed by atoms with van der Waals surface area (Å²) >= 11 is 0. The second-order valence-electron chi connectivity index (χ2n) is 6.71. The lowest BCUT2D eigenvalue weighted by molar-refractivity contribution is -0.137. The summed E-state index contributed by atoms with van der Waals surface area (Å²) in [4.78, 5) is 14.1. The number of carbonyl (C=O) groups is 1. The van der Waals surface area contributed by atoms with Gasteiger partial charge >= 0.3 is 12.2 Å². The number of urea groups is 1. The van der Waals surface area contributed by atoms with Gasteiger partial charge in [-0.15, -0.1) is 5.10 Å². The van der Waals surface area contributed by atoms with Gasteiger partial charge in [-0.25, -0.2) is 9.48 Å². The van der Waals surface area contributed by atoms with Gasteiger partial charge in [0, 0.05) is 20.1 Å². The monoisotopic (exact) mass is 382 g/mol. The van der Waals surface area contributed by atoms with Crippen molar-refractivity contribution in [1.82, 2.24) is 30.4 Å². The van der Waals surface area contributed by atoms with Crippen LogP contribution in [0.2, 0.25) is 0 Å². The van der Waals surface area contributed by atoms with Crippen LogP contribution in [0.4, 0.5) is 18.0 Å². The average molecular weight is 382 g/mol. The first-order valence-electron chi connectivity index (χ1n) is 8.70. The number of amides is 2. The summed E-state index contributed by atoms with van der Waals surface area (Å²) in [5, 5.41) is 14.0. The van der Waals surface area contributed by atoms with Crippen LogP contribution in [-0.2, 0) is 13.2 Å². The second-order valence-corrected chi connectivity index (χ2v) is 6.71. The first-order valence-corrected chi connectivity index (χ1v) is 8.70. The number of hydrogen-bond acceptors (Lipinski definition) is 4. The summed E-state index contributed by atoms with van der Waals surface area (Å²) in [6.45, 7) is 2.89. The third-order valence-electron chi connectivity index (χ3n) is 4.87. The van der Waals surface area contributed by atoms with E-state index in [1.165, 1.54) is 16.8 Å². The van der Waals surface area contributed by atoms with Crippen LogP contribution in [-0.4, -0.2) is 44.2 Å². The second kappa shape index (κ2) is 7.53. The summed E-state index contributed by atoms with van der Waals surface area (Å²) in [5.41, 5.74) is 0.233. The number of aromatic nitrogens is 4. The molecule has 1 aromatic heterocycles. The lowest BCUT2D eigenvalue weighted by Crippen LogP contribution is -2.45. The van der Waals surface area contributed by atoms with Gasteiger partial charge in [0.2, 0.25) is 0 Å². The molecule has 1 aromatic carbocycles. The van der Waals surface area contributed by atoms with Crippen molar-refractivity contribution in [3.05, 3.63) is 41.2 Å². The Hall–Kier alpha value is -2.65. The van der Waals surface area contributed by atoms with Crippen molar-refractivity contribution in [2.45, 2.75) is 37.9 Å². The minimum absolute atomic E-state index is 0.150. The Balaban J connectivity index is 1.54. The SMILES string of the molecule is C[C@H](NC(=O)N1CCC(c2ccc(C(F)(F)F)cc2)CC1)c1nnnn1C. The predicted molar refractivity (Wildman–Crippen MR) is 90.7 cm³/mol. The normalized spacial score (nSPS) is 17.0. The number of rotatable bonds is 3. The molecule has 0 spiro atoms. The molecule has 0 unspecified atom stereocenters. The molecule has 0 saturated carbocycles. The van der Waals surface area contributed by atoms with Gasteiger partial charge < -0.3 is 10.2 Å². The molecular weight excluding hydrogens is 361 g/mol. The highest BCUT2D eigenvalue weighted by Crippen LogP contribution is 2.33. The Labute approximate surface area is 154 Å². The minimum Gasteiger partial charge on any atom is -0.328 e. The highest BCUT2D eigenvalue weighted by molar-refractivity contribution is 5.74. The Kier molecular flexibility index (Phi) is 5.33. The molecule has 1 N–H and O–H groups in total. The van der Waals surface area contributed by atoms with Gasteiger partial charge in [-0.2, -0.15) is 13.2 Å². The van der Waals surface area contributed by atoms with E-state index in [0.717, 1.165) is 17.7 Å². The molecule has 2 heterocycles. The van der Waals surface area contributed by atoms with E-state index in [0.29, 0.717) is 31.8 Å². The van der Waals surface area contributed by atoms with Crippen LogP contribution < -0.4 is 5.32 Å². The molecule has 1 aliphatic heterocycles. The molecule has 7 nitrogen and oxygen atoms in total. The third-order valence-corrected chi connectivity index (χ3v) is 4.87. The van der Waals surface area contributed by atoms with E-state index in [1.54, 1.807) is 18.9 Å². The maximum absolute atomic E-state index is 12.7. The fourth-order valence-corrected chi connectivity index (χ4v) is 3.30.